The molecule has 3 rings (SSSR count). The lowest BCUT2D eigenvalue weighted by Crippen LogP contribution is -2.33. The van der Waals surface area contributed by atoms with Gasteiger partial charge in [0.05, 0.1) is 0 Å². The van der Waals surface area contributed by atoms with E-state index in [4.69, 9.17) is 21.8 Å². The summed E-state index contributed by atoms with van der Waals surface area (Å²) < 4.78 is 5.73. The summed E-state index contributed by atoms with van der Waals surface area (Å²) in [6, 6.07) is 9.99. The number of nitrogens with zero attached hydrogens (tertiary/aromatic N) is 1. The summed E-state index contributed by atoms with van der Waals surface area (Å²) in [6.07, 6.45) is 3.01. The van der Waals surface area contributed by atoms with Crippen LogP contribution >= 0.6 is 11.6 Å². The molecule has 2 heterocycles. The number of urea groups is 1. The second kappa shape index (κ2) is 5.78. The summed E-state index contributed by atoms with van der Waals surface area (Å²) in [5.74, 6) is 0.712. The smallest absolute Gasteiger partial charge is 0.325 e. The van der Waals surface area contributed by atoms with E-state index in [1.165, 1.54) is 6.20 Å². The van der Waals surface area contributed by atoms with Crippen LogP contribution in [0.5, 0.6) is 0 Å². The van der Waals surface area contributed by atoms with Gasteiger partial charge < -0.3 is 10.2 Å². The Balaban J connectivity index is 1.90. The van der Waals surface area contributed by atoms with Gasteiger partial charge in [-0.2, -0.15) is 0 Å². The predicted molar refractivity (Wildman–Crippen MR) is 87.3 cm³/mol. The molecular weight excluding hydrogens is 316 g/mol. The van der Waals surface area contributed by atoms with Gasteiger partial charge in [-0.1, -0.05) is 11.6 Å². The van der Waals surface area contributed by atoms with Gasteiger partial charge in [0.25, 0.3) is 5.91 Å². The summed E-state index contributed by atoms with van der Waals surface area (Å²) in [4.78, 5) is 24.2. The number of amides is 3. The maximum absolute atomic E-state index is 12.1. The molecular formula is C17H13ClN2O3. The second-order valence-corrected chi connectivity index (χ2v) is 5.53. The molecule has 0 unspecified atom stereocenters. The van der Waals surface area contributed by atoms with Gasteiger partial charge in [-0.3, -0.25) is 4.79 Å². The van der Waals surface area contributed by atoms with Crippen LogP contribution in [-0.2, 0) is 4.79 Å². The lowest BCUT2D eigenvalue weighted by Gasteiger charge is -2.06. The van der Waals surface area contributed by atoms with Crippen molar-refractivity contribution < 1.29 is 14.0 Å². The van der Waals surface area contributed by atoms with Crippen molar-refractivity contribution in [1.82, 2.24) is 4.90 Å². The molecule has 0 fully saturated rings. The first-order valence-electron chi connectivity index (χ1n) is 6.85. The van der Waals surface area contributed by atoms with Crippen LogP contribution in [0.1, 0.15) is 12.7 Å². The van der Waals surface area contributed by atoms with E-state index in [0.717, 1.165) is 10.5 Å². The Morgan fingerprint density at radius 3 is 2.52 bits per heavy atom. The fourth-order valence-electron chi connectivity index (χ4n) is 2.30. The normalized spacial score (nSPS) is 16.1. The third kappa shape index (κ3) is 2.91. The van der Waals surface area contributed by atoms with Gasteiger partial charge in [-0.05, 0) is 55.0 Å². The van der Waals surface area contributed by atoms with Crippen molar-refractivity contribution in [2.24, 2.45) is 5.73 Å². The molecule has 1 aromatic heterocycles. The largest absolute Gasteiger partial charge is 0.457 e. The molecule has 6 heteroatoms. The lowest BCUT2D eigenvalue weighted by atomic mass is 10.1. The zero-order valence-corrected chi connectivity index (χ0v) is 13.0. The molecule has 0 radical (unpaired) electrons. The summed E-state index contributed by atoms with van der Waals surface area (Å²) in [5.41, 5.74) is 7.06. The van der Waals surface area contributed by atoms with Gasteiger partial charge in [0.2, 0.25) is 0 Å². The van der Waals surface area contributed by atoms with Crippen molar-refractivity contribution in [2.75, 3.05) is 0 Å². The molecule has 2 aromatic rings. The molecule has 0 saturated heterocycles. The highest BCUT2D eigenvalue weighted by Crippen LogP contribution is 2.28. The van der Waals surface area contributed by atoms with Gasteiger partial charge in [0.15, 0.2) is 0 Å². The van der Waals surface area contributed by atoms with Gasteiger partial charge in [0.1, 0.15) is 11.5 Å². The predicted octanol–water partition coefficient (Wildman–Crippen LogP) is 3.81. The highest BCUT2D eigenvalue weighted by atomic mass is 35.5. The Labute approximate surface area is 137 Å². The highest BCUT2D eigenvalue weighted by molar-refractivity contribution is 6.30. The van der Waals surface area contributed by atoms with E-state index in [9.17, 15) is 9.59 Å². The number of primary amides is 1. The highest BCUT2D eigenvalue weighted by Gasteiger charge is 2.29. The second-order valence-electron chi connectivity index (χ2n) is 5.09. The van der Waals surface area contributed by atoms with Crippen LogP contribution in [0.15, 0.2) is 58.2 Å². The number of hydrogen-bond donors (Lipinski definition) is 1. The quantitative estimate of drug-likeness (QED) is 0.852. The fraction of sp³-hybridized carbons (Fsp3) is 0.0588. The van der Waals surface area contributed by atoms with Crippen LogP contribution in [0, 0.1) is 0 Å². The van der Waals surface area contributed by atoms with Crippen LogP contribution in [0.2, 0.25) is 5.02 Å². The molecule has 5 nitrogen and oxygen atoms in total. The van der Waals surface area contributed by atoms with Crippen LogP contribution in [0.3, 0.4) is 0 Å². The van der Waals surface area contributed by atoms with Crippen LogP contribution < -0.4 is 5.73 Å². The van der Waals surface area contributed by atoms with Crippen molar-refractivity contribution in [3.8, 4) is 11.3 Å². The minimum atomic E-state index is -0.806. The topological polar surface area (TPSA) is 76.5 Å². The Morgan fingerprint density at radius 1 is 1.22 bits per heavy atom. The number of benzene rings is 1. The molecule has 1 aromatic carbocycles. The van der Waals surface area contributed by atoms with E-state index < -0.39 is 11.9 Å². The Bertz CT molecular complexity index is 847. The van der Waals surface area contributed by atoms with Crippen molar-refractivity contribution in [3.63, 3.8) is 0 Å². The van der Waals surface area contributed by atoms with E-state index in [0.29, 0.717) is 27.7 Å². The summed E-state index contributed by atoms with van der Waals surface area (Å²) in [5, 5.41) is 0.645. The monoisotopic (exact) mass is 328 g/mol. The van der Waals surface area contributed by atoms with E-state index >= 15 is 0 Å². The number of furan rings is 1. The molecule has 116 valence electrons. The van der Waals surface area contributed by atoms with E-state index in [1.54, 1.807) is 37.3 Å². The first kappa shape index (κ1) is 15.1. The average molecular weight is 329 g/mol. The van der Waals surface area contributed by atoms with Gasteiger partial charge in [-0.25, -0.2) is 9.69 Å². The number of hydrogen-bond acceptors (Lipinski definition) is 3. The molecule has 0 bridgehead atoms. The van der Waals surface area contributed by atoms with Gasteiger partial charge in [0, 0.05) is 22.4 Å². The van der Waals surface area contributed by atoms with Crippen molar-refractivity contribution >= 4 is 29.6 Å². The first-order chi connectivity index (χ1) is 11.0. The molecule has 0 atom stereocenters. The third-order valence-electron chi connectivity index (χ3n) is 3.48. The number of rotatable bonds is 2. The zero-order valence-electron chi connectivity index (χ0n) is 12.2. The summed E-state index contributed by atoms with van der Waals surface area (Å²) in [7, 11) is 0. The minimum Gasteiger partial charge on any atom is -0.457 e. The molecule has 0 aliphatic carbocycles. The maximum atomic E-state index is 12.1. The van der Waals surface area contributed by atoms with E-state index in [2.05, 4.69) is 0 Å². The van der Waals surface area contributed by atoms with E-state index in [-0.39, 0.29) is 0 Å². The van der Waals surface area contributed by atoms with Crippen molar-refractivity contribution in [2.45, 2.75) is 6.92 Å². The number of halogens is 1. The molecule has 1 aliphatic rings. The molecule has 23 heavy (non-hydrogen) atoms. The first-order valence-corrected chi connectivity index (χ1v) is 7.23. The van der Waals surface area contributed by atoms with Crippen LogP contribution in [0.4, 0.5) is 4.79 Å². The fourth-order valence-corrected chi connectivity index (χ4v) is 2.43. The third-order valence-corrected chi connectivity index (χ3v) is 3.73. The molecule has 1 aliphatic heterocycles. The number of imide groups is 1. The number of nitrogens with two attached hydrogens (primary N) is 1. The van der Waals surface area contributed by atoms with Crippen LogP contribution in [-0.4, -0.2) is 16.8 Å². The molecule has 3 amide bonds. The Hall–Kier alpha value is -2.79. The summed E-state index contributed by atoms with van der Waals surface area (Å²) in [6.45, 7) is 1.73. The minimum absolute atomic E-state index is 0.376. The van der Waals surface area contributed by atoms with Crippen LogP contribution in [0.25, 0.3) is 17.4 Å². The van der Waals surface area contributed by atoms with E-state index in [1.807, 2.05) is 12.1 Å². The number of carbonyl (C=O) groups excluding carboxylic acids is 2. The van der Waals surface area contributed by atoms with Gasteiger partial charge >= 0.3 is 6.03 Å². The molecule has 0 saturated carbocycles. The Morgan fingerprint density at radius 2 is 1.91 bits per heavy atom. The SMILES string of the molecule is CC1=CN(C(N)=O)C(=O)/C1=C\c1ccc(-c2ccc(Cl)cc2)o1. The number of carbonyl (C=O) groups is 2. The molecule has 2 N–H and O–H groups in total. The lowest BCUT2D eigenvalue weighted by molar-refractivity contribution is -0.121. The maximum Gasteiger partial charge on any atom is 0.325 e. The van der Waals surface area contributed by atoms with Crippen molar-refractivity contribution in [1.29, 1.82) is 0 Å². The van der Waals surface area contributed by atoms with Crippen molar-refractivity contribution in [3.05, 3.63) is 64.5 Å². The molecule has 0 spiro atoms. The average Bonchev–Trinajstić information content (AvgIpc) is 3.08. The summed E-state index contributed by atoms with van der Waals surface area (Å²) >= 11 is 5.86. The van der Waals surface area contributed by atoms with Gasteiger partial charge in [-0.15, -0.1) is 0 Å². The standard InChI is InChI=1S/C17H13ClN2O3/c1-10-9-20(17(19)22)16(21)14(10)8-13-6-7-15(23-13)11-2-4-12(18)5-3-11/h2-9H,1H3,(H2,19,22)/b14-8-. The zero-order chi connectivity index (χ0) is 16.6. The Kier molecular flexibility index (Phi) is 3.80.